The van der Waals surface area contributed by atoms with Crippen LogP contribution in [0.2, 0.25) is 0 Å². The van der Waals surface area contributed by atoms with Gasteiger partial charge in [0.05, 0.1) is 34.3 Å². The van der Waals surface area contributed by atoms with Crippen LogP contribution in [-0.2, 0) is 4.74 Å². The van der Waals surface area contributed by atoms with E-state index in [1.165, 1.54) is 0 Å². The minimum absolute atomic E-state index is 0.325. The Balaban J connectivity index is 1.69. The molecule has 7 nitrogen and oxygen atoms in total. The maximum absolute atomic E-state index is 5.97. The van der Waals surface area contributed by atoms with Crippen molar-refractivity contribution in [1.82, 2.24) is 24.8 Å². The third-order valence-corrected chi connectivity index (χ3v) is 5.73. The fraction of sp³-hybridized carbons (Fsp3) is 0.471. The minimum Gasteiger partial charge on any atom is -0.371 e. The zero-order chi connectivity index (χ0) is 17.1. The van der Waals surface area contributed by atoms with Crippen LogP contribution in [0, 0.1) is 13.8 Å². The molecule has 2 atom stereocenters. The maximum atomic E-state index is 5.97. The number of fused-ring (bicyclic) bond motifs is 3. The summed E-state index contributed by atoms with van der Waals surface area (Å²) in [6.07, 6.45) is 4.74. The average Bonchev–Trinajstić information content (AvgIpc) is 3.25. The number of aromatic nitrogens is 5. The summed E-state index contributed by atoms with van der Waals surface area (Å²) in [4.78, 5) is 7.23. The van der Waals surface area contributed by atoms with Crippen molar-refractivity contribution in [3.8, 4) is 11.3 Å². The van der Waals surface area contributed by atoms with Gasteiger partial charge < -0.3 is 9.64 Å². The largest absolute Gasteiger partial charge is 0.371 e. The van der Waals surface area contributed by atoms with Crippen molar-refractivity contribution in [2.75, 3.05) is 18.0 Å². The Labute approximate surface area is 153 Å². The topological polar surface area (TPSA) is 71.3 Å². The molecule has 3 aromatic rings. The first-order valence-corrected chi connectivity index (χ1v) is 9.36. The molecule has 0 aromatic carbocycles. The Kier molecular flexibility index (Phi) is 3.40. The Bertz CT molecular complexity index is 932. The molecule has 0 spiro atoms. The zero-order valence-electron chi connectivity index (χ0n) is 14.2. The summed E-state index contributed by atoms with van der Waals surface area (Å²) in [5.74, 6) is 0.976. The molecule has 2 aliphatic rings. The quantitative estimate of drug-likeness (QED) is 0.713. The molecule has 130 valence electrons. The summed E-state index contributed by atoms with van der Waals surface area (Å²) in [5.41, 5.74) is 4.91. The number of nitrogens with one attached hydrogen (secondary N) is 1. The van der Waals surface area contributed by atoms with Gasteiger partial charge in [0, 0.05) is 30.4 Å². The van der Waals surface area contributed by atoms with Crippen LogP contribution < -0.4 is 4.90 Å². The van der Waals surface area contributed by atoms with Crippen LogP contribution in [-0.4, -0.2) is 50.1 Å². The molecule has 0 aliphatic carbocycles. The van der Waals surface area contributed by atoms with Gasteiger partial charge in [-0.2, -0.15) is 10.2 Å². The second-order valence-electron chi connectivity index (χ2n) is 6.90. The number of nitrogens with zero attached hydrogens (tertiary/aromatic N) is 5. The van der Waals surface area contributed by atoms with Gasteiger partial charge in [0.15, 0.2) is 5.65 Å². The van der Waals surface area contributed by atoms with Crippen LogP contribution in [0.4, 0.5) is 5.82 Å². The first-order valence-electron chi connectivity index (χ1n) is 8.57. The second kappa shape index (κ2) is 5.54. The Morgan fingerprint density at radius 2 is 2.00 bits per heavy atom. The molecular weight excluding hydrogens is 384 g/mol. The zero-order valence-corrected chi connectivity index (χ0v) is 15.7. The molecule has 2 unspecified atom stereocenters. The number of rotatable bonds is 2. The van der Waals surface area contributed by atoms with Crippen LogP contribution >= 0.6 is 15.9 Å². The number of hydrogen-bond acceptors (Lipinski definition) is 5. The highest BCUT2D eigenvalue weighted by atomic mass is 79.9. The van der Waals surface area contributed by atoms with E-state index in [1.807, 2.05) is 18.4 Å². The van der Waals surface area contributed by atoms with Gasteiger partial charge in [0.2, 0.25) is 0 Å². The molecule has 3 aromatic heterocycles. The predicted molar refractivity (Wildman–Crippen MR) is 97.9 cm³/mol. The normalized spacial score (nSPS) is 22.9. The van der Waals surface area contributed by atoms with Gasteiger partial charge in [0.25, 0.3) is 0 Å². The Morgan fingerprint density at radius 1 is 1.24 bits per heavy atom. The number of halogens is 1. The van der Waals surface area contributed by atoms with E-state index < -0.39 is 0 Å². The first kappa shape index (κ1) is 15.3. The van der Waals surface area contributed by atoms with Crippen molar-refractivity contribution >= 4 is 27.4 Å². The van der Waals surface area contributed by atoms with E-state index in [1.54, 1.807) is 6.20 Å². The van der Waals surface area contributed by atoms with E-state index >= 15 is 0 Å². The number of H-pyrrole nitrogens is 1. The summed E-state index contributed by atoms with van der Waals surface area (Å²) in [6.45, 7) is 5.84. The van der Waals surface area contributed by atoms with E-state index in [0.717, 1.165) is 64.5 Å². The molecule has 0 saturated carbocycles. The van der Waals surface area contributed by atoms with Crippen molar-refractivity contribution in [3.63, 3.8) is 0 Å². The lowest BCUT2D eigenvalue weighted by Gasteiger charge is -2.33. The molecule has 2 bridgehead atoms. The Hall–Kier alpha value is -1.93. The number of ether oxygens (including phenoxy) is 1. The number of aromatic amines is 1. The number of morpholine rings is 1. The predicted octanol–water partition coefficient (Wildman–Crippen LogP) is 2.87. The average molecular weight is 403 g/mol. The molecule has 0 radical (unpaired) electrons. The summed E-state index contributed by atoms with van der Waals surface area (Å²) in [6, 6.07) is 2.13. The monoisotopic (exact) mass is 402 g/mol. The molecule has 2 fully saturated rings. The third-order valence-electron chi connectivity index (χ3n) is 5.17. The minimum atomic E-state index is 0.325. The van der Waals surface area contributed by atoms with Gasteiger partial charge >= 0.3 is 0 Å². The fourth-order valence-corrected chi connectivity index (χ4v) is 4.34. The smallest absolute Gasteiger partial charge is 0.172 e. The van der Waals surface area contributed by atoms with Crippen molar-refractivity contribution < 1.29 is 4.74 Å². The van der Waals surface area contributed by atoms with Gasteiger partial charge in [0.1, 0.15) is 5.82 Å². The van der Waals surface area contributed by atoms with Crippen molar-refractivity contribution in [2.45, 2.75) is 38.9 Å². The van der Waals surface area contributed by atoms with Crippen molar-refractivity contribution in [1.29, 1.82) is 0 Å². The van der Waals surface area contributed by atoms with Crippen LogP contribution in [0.5, 0.6) is 0 Å². The summed E-state index contributed by atoms with van der Waals surface area (Å²) in [5, 5.41) is 11.9. The molecule has 2 saturated heterocycles. The van der Waals surface area contributed by atoms with Crippen LogP contribution in [0.15, 0.2) is 16.7 Å². The van der Waals surface area contributed by atoms with Gasteiger partial charge in [-0.15, -0.1) is 0 Å². The SMILES string of the molecule is Cc1n[nH]c(C)c1-c1cc(N2CC3CCC(C2)O3)nc2c(Br)cnn12. The van der Waals surface area contributed by atoms with Gasteiger partial charge in [-0.25, -0.2) is 9.50 Å². The van der Waals surface area contributed by atoms with Crippen molar-refractivity contribution in [2.24, 2.45) is 0 Å². The van der Waals surface area contributed by atoms with Crippen LogP contribution in [0.1, 0.15) is 24.2 Å². The van der Waals surface area contributed by atoms with Gasteiger partial charge in [-0.05, 0) is 42.6 Å². The molecule has 1 N–H and O–H groups in total. The third kappa shape index (κ3) is 2.38. The summed E-state index contributed by atoms with van der Waals surface area (Å²) >= 11 is 3.58. The molecule has 0 amide bonds. The highest BCUT2D eigenvalue weighted by molar-refractivity contribution is 9.10. The second-order valence-corrected chi connectivity index (χ2v) is 7.75. The van der Waals surface area contributed by atoms with E-state index in [4.69, 9.17) is 9.72 Å². The van der Waals surface area contributed by atoms with E-state index in [-0.39, 0.29) is 0 Å². The van der Waals surface area contributed by atoms with Gasteiger partial charge in [-0.3, -0.25) is 5.10 Å². The Morgan fingerprint density at radius 3 is 2.68 bits per heavy atom. The summed E-state index contributed by atoms with van der Waals surface area (Å²) < 4.78 is 8.75. The molecule has 5 rings (SSSR count). The lowest BCUT2D eigenvalue weighted by atomic mass is 10.1. The highest BCUT2D eigenvalue weighted by Crippen LogP contribution is 2.34. The molecule has 5 heterocycles. The number of hydrogen-bond donors (Lipinski definition) is 1. The summed E-state index contributed by atoms with van der Waals surface area (Å²) in [7, 11) is 0. The first-order chi connectivity index (χ1) is 12.1. The molecule has 8 heteroatoms. The van der Waals surface area contributed by atoms with Crippen LogP contribution in [0.25, 0.3) is 16.9 Å². The fourth-order valence-electron chi connectivity index (χ4n) is 3.99. The number of aryl methyl sites for hydroxylation is 2. The number of anilines is 1. The van der Waals surface area contributed by atoms with Gasteiger partial charge in [-0.1, -0.05) is 0 Å². The van der Waals surface area contributed by atoms with Crippen molar-refractivity contribution in [3.05, 3.63) is 28.1 Å². The highest BCUT2D eigenvalue weighted by Gasteiger charge is 2.34. The van der Waals surface area contributed by atoms with E-state index in [9.17, 15) is 0 Å². The van der Waals surface area contributed by atoms with E-state index in [2.05, 4.69) is 42.2 Å². The molecule has 25 heavy (non-hydrogen) atoms. The molecule has 2 aliphatic heterocycles. The molecular formula is C17H19BrN6O. The van der Waals surface area contributed by atoms with Crippen LogP contribution in [0.3, 0.4) is 0 Å². The maximum Gasteiger partial charge on any atom is 0.172 e. The lowest BCUT2D eigenvalue weighted by molar-refractivity contribution is 0.0302. The standard InChI is InChI=1S/C17H19BrN6O/c1-9-16(10(2)22-21-9)14-5-15(20-17-13(18)6-19-24(14)17)23-7-11-3-4-12(8-23)25-11/h5-6,11-12H,3-4,7-8H2,1-2H3,(H,21,22). The lowest BCUT2D eigenvalue weighted by Crippen LogP contribution is -2.43. The van der Waals surface area contributed by atoms with E-state index in [0.29, 0.717) is 12.2 Å².